The second kappa shape index (κ2) is 13.7. The quantitative estimate of drug-likeness (QED) is 0.160. The van der Waals surface area contributed by atoms with E-state index in [1.54, 1.807) is 0 Å². The highest BCUT2D eigenvalue weighted by Crippen LogP contribution is 2.45. The number of benzene rings is 9. The van der Waals surface area contributed by atoms with Crippen LogP contribution in [0.1, 0.15) is 0 Å². The lowest BCUT2D eigenvalue weighted by molar-refractivity contribution is 1.29. The average molecular weight is 706 g/mol. The van der Waals surface area contributed by atoms with Crippen molar-refractivity contribution in [3.63, 3.8) is 0 Å². The Kier molecular flexibility index (Phi) is 8.09. The zero-order chi connectivity index (χ0) is 35.8. The molecular weight excluding hydrogens is 671 g/mol. The number of nitrogens with zero attached hydrogens (tertiary/aromatic N) is 1. The fraction of sp³-hybridized carbons (Fsp3) is 0. The Bertz CT molecular complexity index is 2890. The molecule has 0 bridgehead atoms. The van der Waals surface area contributed by atoms with Crippen LogP contribution in [0.3, 0.4) is 0 Å². The second-order valence-corrected chi connectivity index (χ2v) is 14.8. The van der Waals surface area contributed by atoms with E-state index in [-0.39, 0.29) is 0 Å². The number of rotatable bonds is 7. The fourth-order valence-electron chi connectivity index (χ4n) is 7.77. The Morgan fingerprint density at radius 2 is 0.759 bits per heavy atom. The van der Waals surface area contributed by atoms with Crippen LogP contribution in [-0.2, 0) is 0 Å². The lowest BCUT2D eigenvalue weighted by Crippen LogP contribution is -2.10. The number of thiophene rings is 1. The summed E-state index contributed by atoms with van der Waals surface area (Å²) in [5, 5.41) is 5.16. The molecule has 54 heavy (non-hydrogen) atoms. The molecule has 2 heteroatoms. The summed E-state index contributed by atoms with van der Waals surface area (Å²) in [6.07, 6.45) is 0. The van der Waals surface area contributed by atoms with Gasteiger partial charge in [-0.1, -0.05) is 164 Å². The van der Waals surface area contributed by atoms with Crippen LogP contribution in [0.4, 0.5) is 17.1 Å². The largest absolute Gasteiger partial charge is 0.310 e. The van der Waals surface area contributed by atoms with Crippen molar-refractivity contribution in [1.29, 1.82) is 0 Å². The summed E-state index contributed by atoms with van der Waals surface area (Å²) in [6.45, 7) is 0. The molecule has 0 aliphatic rings. The first-order valence-corrected chi connectivity index (χ1v) is 19.2. The maximum atomic E-state index is 2.41. The van der Waals surface area contributed by atoms with Gasteiger partial charge in [0, 0.05) is 42.6 Å². The maximum absolute atomic E-state index is 2.41. The molecule has 10 rings (SSSR count). The van der Waals surface area contributed by atoms with E-state index >= 15 is 0 Å². The Morgan fingerprint density at radius 3 is 1.41 bits per heavy atom. The minimum absolute atomic E-state index is 1.11. The number of hydrogen-bond acceptors (Lipinski definition) is 2. The van der Waals surface area contributed by atoms with Gasteiger partial charge in [0.05, 0.1) is 0 Å². The van der Waals surface area contributed by atoms with E-state index in [2.05, 4.69) is 217 Å². The van der Waals surface area contributed by atoms with Gasteiger partial charge in [0.2, 0.25) is 0 Å². The molecule has 0 N–H and O–H groups in total. The summed E-state index contributed by atoms with van der Waals surface area (Å²) in [5.74, 6) is 0. The molecule has 0 aliphatic carbocycles. The summed E-state index contributed by atoms with van der Waals surface area (Å²) in [7, 11) is 0. The van der Waals surface area contributed by atoms with Crippen molar-refractivity contribution in [2.24, 2.45) is 0 Å². The van der Waals surface area contributed by atoms with Crippen molar-refractivity contribution in [2.75, 3.05) is 4.90 Å². The number of anilines is 3. The summed E-state index contributed by atoms with van der Waals surface area (Å²) in [6, 6.07) is 77.0. The molecule has 1 heterocycles. The van der Waals surface area contributed by atoms with Gasteiger partial charge in [0.1, 0.15) is 0 Å². The molecule has 0 radical (unpaired) electrons. The van der Waals surface area contributed by atoms with Crippen LogP contribution in [0, 0.1) is 0 Å². The first-order valence-electron chi connectivity index (χ1n) is 18.4. The van der Waals surface area contributed by atoms with Crippen molar-refractivity contribution in [2.45, 2.75) is 0 Å². The first-order chi connectivity index (χ1) is 26.8. The molecule has 0 fully saturated rings. The molecule has 0 atom stereocenters. The lowest BCUT2D eigenvalue weighted by Gasteiger charge is -2.26. The molecule has 254 valence electrons. The SMILES string of the molecule is c1ccc(-c2ccc(-c3ccc(N(c4cccc(-c5ccccc5)c4)c4ccc5sc6c7ccccc7c(-c7ccccc7)cc6c5c4)cc3)cc2)cc1. The Balaban J connectivity index is 1.11. The van der Waals surface area contributed by atoms with Gasteiger partial charge in [-0.25, -0.2) is 0 Å². The van der Waals surface area contributed by atoms with Gasteiger partial charge >= 0.3 is 0 Å². The molecule has 0 amide bonds. The van der Waals surface area contributed by atoms with E-state index in [0.717, 1.165) is 17.1 Å². The highest BCUT2D eigenvalue weighted by molar-refractivity contribution is 7.26. The number of fused-ring (bicyclic) bond motifs is 5. The topological polar surface area (TPSA) is 3.24 Å². The van der Waals surface area contributed by atoms with Gasteiger partial charge < -0.3 is 4.90 Å². The third-order valence-corrected chi connectivity index (χ3v) is 11.7. The maximum Gasteiger partial charge on any atom is 0.0468 e. The van der Waals surface area contributed by atoms with Crippen molar-refractivity contribution >= 4 is 59.3 Å². The van der Waals surface area contributed by atoms with Gasteiger partial charge in [-0.05, 0) is 98.4 Å². The molecule has 0 saturated heterocycles. The van der Waals surface area contributed by atoms with Crippen molar-refractivity contribution in [3.8, 4) is 44.5 Å². The van der Waals surface area contributed by atoms with Gasteiger partial charge in [0.15, 0.2) is 0 Å². The number of hydrogen-bond donors (Lipinski definition) is 0. The van der Waals surface area contributed by atoms with Gasteiger partial charge in [-0.15, -0.1) is 11.3 Å². The molecule has 1 aromatic heterocycles. The molecule has 0 unspecified atom stereocenters. The van der Waals surface area contributed by atoms with E-state index in [1.807, 2.05) is 11.3 Å². The van der Waals surface area contributed by atoms with Crippen LogP contribution in [0.2, 0.25) is 0 Å². The van der Waals surface area contributed by atoms with Crippen molar-refractivity contribution in [3.05, 3.63) is 212 Å². The van der Waals surface area contributed by atoms with Gasteiger partial charge in [0.25, 0.3) is 0 Å². The lowest BCUT2D eigenvalue weighted by atomic mass is 9.95. The minimum Gasteiger partial charge on any atom is -0.310 e. The zero-order valence-electron chi connectivity index (χ0n) is 29.6. The molecule has 1 nitrogen and oxygen atoms in total. The van der Waals surface area contributed by atoms with Crippen LogP contribution in [0.5, 0.6) is 0 Å². The predicted octanol–water partition coefficient (Wildman–Crippen LogP) is 15.3. The molecule has 0 saturated carbocycles. The summed E-state index contributed by atoms with van der Waals surface area (Å²) in [4.78, 5) is 2.40. The highest BCUT2D eigenvalue weighted by atomic mass is 32.1. The molecular formula is C52H35NS. The molecule has 0 spiro atoms. The summed E-state index contributed by atoms with van der Waals surface area (Å²) < 4.78 is 2.62. The van der Waals surface area contributed by atoms with Crippen molar-refractivity contribution in [1.82, 2.24) is 0 Å². The van der Waals surface area contributed by atoms with E-state index in [1.165, 1.54) is 75.5 Å². The third-order valence-electron chi connectivity index (χ3n) is 10.5. The normalized spacial score (nSPS) is 11.3. The van der Waals surface area contributed by atoms with E-state index in [9.17, 15) is 0 Å². The Labute approximate surface area is 319 Å². The summed E-state index contributed by atoms with van der Waals surface area (Å²) >= 11 is 1.89. The van der Waals surface area contributed by atoms with Crippen LogP contribution >= 0.6 is 11.3 Å². The summed E-state index contributed by atoms with van der Waals surface area (Å²) in [5.41, 5.74) is 13.1. The van der Waals surface area contributed by atoms with Crippen LogP contribution in [-0.4, -0.2) is 0 Å². The zero-order valence-corrected chi connectivity index (χ0v) is 30.4. The van der Waals surface area contributed by atoms with E-state index < -0.39 is 0 Å². The van der Waals surface area contributed by atoms with Gasteiger partial charge in [-0.3, -0.25) is 0 Å². The van der Waals surface area contributed by atoms with E-state index in [4.69, 9.17) is 0 Å². The predicted molar refractivity (Wildman–Crippen MR) is 233 cm³/mol. The Morgan fingerprint density at radius 1 is 0.278 bits per heavy atom. The molecule has 0 aliphatic heterocycles. The molecule has 9 aromatic carbocycles. The second-order valence-electron chi connectivity index (χ2n) is 13.7. The standard InChI is InChI=1S/C52H35NS/c1-4-13-36(14-5-1)38-23-25-39(26-24-38)40-27-29-43(30-28-40)53(44-20-12-19-42(33-44)37-15-6-2-7-16-37)45-31-32-51-49(34-45)50-35-48(41-17-8-3-9-18-41)46-21-10-11-22-47(46)52(50)54-51/h1-35H. The third kappa shape index (κ3) is 5.84. The monoisotopic (exact) mass is 705 g/mol. The van der Waals surface area contributed by atoms with Crippen LogP contribution < -0.4 is 4.90 Å². The van der Waals surface area contributed by atoms with Gasteiger partial charge in [-0.2, -0.15) is 0 Å². The van der Waals surface area contributed by atoms with Crippen molar-refractivity contribution < 1.29 is 0 Å². The van der Waals surface area contributed by atoms with Crippen LogP contribution in [0.15, 0.2) is 212 Å². The van der Waals surface area contributed by atoms with E-state index in [0.29, 0.717) is 0 Å². The average Bonchev–Trinajstić information content (AvgIpc) is 3.63. The smallest absolute Gasteiger partial charge is 0.0468 e. The molecule has 10 aromatic rings. The first kappa shape index (κ1) is 32.0. The highest BCUT2D eigenvalue weighted by Gasteiger charge is 2.18. The Hall–Kier alpha value is -6.74. The van der Waals surface area contributed by atoms with Crippen LogP contribution in [0.25, 0.3) is 75.5 Å². The fourth-order valence-corrected chi connectivity index (χ4v) is 8.97. The minimum atomic E-state index is 1.11.